The van der Waals surface area contributed by atoms with E-state index in [0.717, 1.165) is 23.7 Å². The molecule has 2 N–H and O–H groups in total. The summed E-state index contributed by atoms with van der Waals surface area (Å²) in [6.07, 6.45) is 4.59. The SMILES string of the molecule is CS(=O)(=O)CC1(CC(=O)Nc2ccc3c(ccn3CC(=O)O)c2)CC1. The van der Waals surface area contributed by atoms with Gasteiger partial charge in [-0.05, 0) is 42.5 Å². The molecule has 1 heterocycles. The van der Waals surface area contributed by atoms with Crippen LogP contribution in [0.3, 0.4) is 0 Å². The predicted molar refractivity (Wildman–Crippen MR) is 94.2 cm³/mol. The summed E-state index contributed by atoms with van der Waals surface area (Å²) in [5.74, 6) is -1.08. The predicted octanol–water partition coefficient (Wildman–Crippen LogP) is 1.88. The maximum absolute atomic E-state index is 12.3. The Balaban J connectivity index is 1.69. The van der Waals surface area contributed by atoms with Gasteiger partial charge in [0.05, 0.1) is 5.75 Å². The highest BCUT2D eigenvalue weighted by molar-refractivity contribution is 7.90. The number of aromatic nitrogens is 1. The van der Waals surface area contributed by atoms with Gasteiger partial charge in [-0.1, -0.05) is 0 Å². The van der Waals surface area contributed by atoms with E-state index in [1.807, 2.05) is 0 Å². The lowest BCUT2D eigenvalue weighted by Gasteiger charge is -2.13. The van der Waals surface area contributed by atoms with Crippen molar-refractivity contribution < 1.29 is 23.1 Å². The third-order valence-corrected chi connectivity index (χ3v) is 5.56. The Hall–Kier alpha value is -2.35. The Morgan fingerprint density at radius 3 is 2.60 bits per heavy atom. The topological polar surface area (TPSA) is 105 Å². The van der Waals surface area contributed by atoms with Crippen molar-refractivity contribution >= 4 is 38.3 Å². The molecule has 1 fully saturated rings. The van der Waals surface area contributed by atoms with Gasteiger partial charge in [-0.3, -0.25) is 9.59 Å². The van der Waals surface area contributed by atoms with Crippen LogP contribution in [0.4, 0.5) is 5.69 Å². The van der Waals surface area contributed by atoms with Crippen LogP contribution in [0.15, 0.2) is 30.5 Å². The zero-order valence-corrected chi connectivity index (χ0v) is 14.7. The highest BCUT2D eigenvalue weighted by atomic mass is 32.2. The maximum Gasteiger partial charge on any atom is 0.323 e. The number of carboxylic acid groups (broad SMARTS) is 1. The number of fused-ring (bicyclic) bond motifs is 1. The summed E-state index contributed by atoms with van der Waals surface area (Å²) >= 11 is 0. The van der Waals surface area contributed by atoms with E-state index in [2.05, 4.69) is 5.32 Å². The second-order valence-electron chi connectivity index (χ2n) is 6.91. The highest BCUT2D eigenvalue weighted by Crippen LogP contribution is 2.49. The average molecular weight is 364 g/mol. The number of hydrogen-bond acceptors (Lipinski definition) is 4. The number of carboxylic acids is 1. The van der Waals surface area contributed by atoms with E-state index < -0.39 is 21.2 Å². The number of benzene rings is 1. The van der Waals surface area contributed by atoms with Crippen LogP contribution in [0.2, 0.25) is 0 Å². The number of carbonyl (C=O) groups excluding carboxylic acids is 1. The van der Waals surface area contributed by atoms with Gasteiger partial charge in [-0.2, -0.15) is 0 Å². The standard InChI is InChI=1S/C17H20N2O5S/c1-25(23,24)11-17(5-6-17)9-15(20)18-13-2-3-14-12(8-13)4-7-19(14)10-16(21)22/h2-4,7-8H,5-6,9-11H2,1H3,(H,18,20)(H,21,22). The van der Waals surface area contributed by atoms with Gasteiger partial charge >= 0.3 is 5.97 Å². The van der Waals surface area contributed by atoms with Gasteiger partial charge in [0.25, 0.3) is 0 Å². The summed E-state index contributed by atoms with van der Waals surface area (Å²) in [5, 5.41) is 12.5. The molecule has 0 bridgehead atoms. The fourth-order valence-electron chi connectivity index (χ4n) is 3.21. The molecule has 1 aliphatic rings. The van der Waals surface area contributed by atoms with Crippen molar-refractivity contribution in [3.8, 4) is 0 Å². The van der Waals surface area contributed by atoms with Crippen molar-refractivity contribution in [2.45, 2.75) is 25.8 Å². The van der Waals surface area contributed by atoms with Crippen LogP contribution in [-0.4, -0.2) is 42.0 Å². The summed E-state index contributed by atoms with van der Waals surface area (Å²) in [4.78, 5) is 23.1. The third-order valence-electron chi connectivity index (χ3n) is 4.42. The largest absolute Gasteiger partial charge is 0.480 e. The number of hydrogen-bond donors (Lipinski definition) is 2. The fraction of sp³-hybridized carbons (Fsp3) is 0.412. The van der Waals surface area contributed by atoms with Crippen molar-refractivity contribution in [1.82, 2.24) is 4.57 Å². The first kappa shape index (κ1) is 17.5. The molecule has 2 aromatic rings. The van der Waals surface area contributed by atoms with E-state index in [9.17, 15) is 18.0 Å². The molecular weight excluding hydrogens is 344 g/mol. The average Bonchev–Trinajstić information content (AvgIpc) is 3.07. The number of carbonyl (C=O) groups is 2. The lowest BCUT2D eigenvalue weighted by atomic mass is 10.1. The zero-order valence-electron chi connectivity index (χ0n) is 13.9. The summed E-state index contributed by atoms with van der Waals surface area (Å²) in [7, 11) is -3.10. The summed E-state index contributed by atoms with van der Waals surface area (Å²) in [5.41, 5.74) is 0.976. The van der Waals surface area contributed by atoms with Crippen LogP contribution in [-0.2, 0) is 26.0 Å². The van der Waals surface area contributed by atoms with Gasteiger partial charge in [0.15, 0.2) is 0 Å². The molecule has 1 saturated carbocycles. The third kappa shape index (κ3) is 4.39. The minimum Gasteiger partial charge on any atom is -0.480 e. The molecule has 1 aliphatic carbocycles. The monoisotopic (exact) mass is 364 g/mol. The second-order valence-corrected chi connectivity index (χ2v) is 9.05. The van der Waals surface area contributed by atoms with Gasteiger partial charge in [0.2, 0.25) is 5.91 Å². The van der Waals surface area contributed by atoms with Gasteiger partial charge in [-0.15, -0.1) is 0 Å². The molecule has 7 nitrogen and oxygen atoms in total. The van der Waals surface area contributed by atoms with E-state index in [1.54, 1.807) is 35.0 Å². The molecule has 25 heavy (non-hydrogen) atoms. The minimum absolute atomic E-state index is 0.0461. The Bertz CT molecular complexity index is 941. The Morgan fingerprint density at radius 2 is 2.00 bits per heavy atom. The maximum atomic E-state index is 12.3. The molecule has 0 unspecified atom stereocenters. The summed E-state index contributed by atoms with van der Waals surface area (Å²) in [6, 6.07) is 7.05. The molecule has 134 valence electrons. The van der Waals surface area contributed by atoms with E-state index in [1.165, 1.54) is 6.26 Å². The normalized spacial score (nSPS) is 15.9. The van der Waals surface area contributed by atoms with Gasteiger partial charge in [-0.25, -0.2) is 8.42 Å². The van der Waals surface area contributed by atoms with Gasteiger partial charge in [0.1, 0.15) is 16.4 Å². The molecule has 0 atom stereocenters. The Morgan fingerprint density at radius 1 is 1.28 bits per heavy atom. The summed E-state index contributed by atoms with van der Waals surface area (Å²) in [6.45, 7) is -0.122. The van der Waals surface area contributed by atoms with Crippen molar-refractivity contribution in [3.63, 3.8) is 0 Å². The van der Waals surface area contributed by atoms with Crippen molar-refractivity contribution in [2.24, 2.45) is 5.41 Å². The van der Waals surface area contributed by atoms with Crippen LogP contribution in [0.25, 0.3) is 10.9 Å². The molecule has 8 heteroatoms. The first-order chi connectivity index (χ1) is 11.7. The molecule has 1 aromatic heterocycles. The fourth-order valence-corrected chi connectivity index (χ4v) is 4.72. The Kier molecular flexibility index (Phi) is 4.32. The smallest absolute Gasteiger partial charge is 0.323 e. The van der Waals surface area contributed by atoms with Crippen LogP contribution >= 0.6 is 0 Å². The lowest BCUT2D eigenvalue weighted by molar-refractivity contribution is -0.137. The highest BCUT2D eigenvalue weighted by Gasteiger charge is 2.46. The second kappa shape index (κ2) is 6.18. The molecule has 1 amide bonds. The molecule has 1 aromatic carbocycles. The molecular formula is C17H20N2O5S. The van der Waals surface area contributed by atoms with Crippen LogP contribution in [0, 0.1) is 5.41 Å². The molecule has 0 spiro atoms. The first-order valence-electron chi connectivity index (χ1n) is 7.94. The van der Waals surface area contributed by atoms with Gasteiger partial charge in [0, 0.05) is 35.5 Å². The van der Waals surface area contributed by atoms with E-state index in [0.29, 0.717) is 5.69 Å². The number of nitrogens with zero attached hydrogens (tertiary/aromatic N) is 1. The van der Waals surface area contributed by atoms with Crippen molar-refractivity contribution in [3.05, 3.63) is 30.5 Å². The number of anilines is 1. The van der Waals surface area contributed by atoms with Crippen molar-refractivity contribution in [1.29, 1.82) is 0 Å². The molecule has 0 saturated heterocycles. The molecule has 0 aliphatic heterocycles. The van der Waals surface area contributed by atoms with E-state index in [-0.39, 0.29) is 24.6 Å². The van der Waals surface area contributed by atoms with Crippen LogP contribution in [0.5, 0.6) is 0 Å². The zero-order chi connectivity index (χ0) is 18.2. The summed E-state index contributed by atoms with van der Waals surface area (Å²) < 4.78 is 24.6. The number of aliphatic carboxylic acids is 1. The Labute approximate surface area is 145 Å². The lowest BCUT2D eigenvalue weighted by Crippen LogP contribution is -2.23. The molecule has 3 rings (SSSR count). The number of amides is 1. The number of nitrogens with one attached hydrogen (secondary N) is 1. The van der Waals surface area contributed by atoms with Crippen LogP contribution < -0.4 is 5.32 Å². The van der Waals surface area contributed by atoms with Crippen molar-refractivity contribution in [2.75, 3.05) is 17.3 Å². The first-order valence-corrected chi connectivity index (χ1v) is 10.0. The van der Waals surface area contributed by atoms with E-state index >= 15 is 0 Å². The van der Waals surface area contributed by atoms with E-state index in [4.69, 9.17) is 5.11 Å². The molecule has 0 radical (unpaired) electrons. The van der Waals surface area contributed by atoms with Crippen LogP contribution in [0.1, 0.15) is 19.3 Å². The number of sulfone groups is 1. The number of rotatable bonds is 7. The quantitative estimate of drug-likeness (QED) is 0.780. The van der Waals surface area contributed by atoms with Gasteiger partial charge < -0.3 is 15.0 Å². The minimum atomic E-state index is -3.10.